The highest BCUT2D eigenvalue weighted by atomic mass is 31.2. The summed E-state index contributed by atoms with van der Waals surface area (Å²) in [5.74, 6) is -1.98. The first-order chi connectivity index (χ1) is 65.4. The molecule has 4 aliphatic rings. The molecule has 16 rings (SSSR count). The molecule has 0 unspecified atom stereocenters. The maximum absolute atomic E-state index is 14.9. The van der Waals surface area contributed by atoms with Crippen LogP contribution in [0.4, 0.5) is 14.4 Å². The van der Waals surface area contributed by atoms with Crippen LogP contribution in [0.15, 0.2) is 328 Å². The third-order valence-corrected chi connectivity index (χ3v) is 32.0. The van der Waals surface area contributed by atoms with Crippen molar-refractivity contribution in [2.45, 2.75) is 141 Å². The average Bonchev–Trinajstić information content (AvgIpc) is 1.15. The van der Waals surface area contributed by atoms with Crippen LogP contribution >= 0.6 is 13.8 Å². The lowest BCUT2D eigenvalue weighted by Crippen LogP contribution is -2.53. The molecule has 1 heterocycles. The first-order valence-corrected chi connectivity index (χ1v) is 49.1. The number of nitrogens with zero attached hydrogens (tertiary/aromatic N) is 3. The second-order valence-corrected chi connectivity index (χ2v) is 42.9. The van der Waals surface area contributed by atoms with Crippen molar-refractivity contribution in [2.75, 3.05) is 46.2 Å². The minimum atomic E-state index is -3.03. The number of hydrogen-bond donors (Lipinski definition) is 4. The molecule has 1 fully saturated rings. The third-order valence-electron chi connectivity index (χ3n) is 23.9. The van der Waals surface area contributed by atoms with Crippen molar-refractivity contribution < 1.29 is 71.9 Å². The molecule has 1 saturated heterocycles. The number of Topliss-reactive ketones (excluding diaryl/α,β-unsaturated/α-hetero) is 3. The molecule has 12 aromatic rings. The van der Waals surface area contributed by atoms with Gasteiger partial charge in [0.2, 0.25) is 5.78 Å². The summed E-state index contributed by atoms with van der Waals surface area (Å²) in [5.41, 5.74) is 11.5. The van der Waals surface area contributed by atoms with E-state index in [1.165, 1.54) is 27.7 Å². The van der Waals surface area contributed by atoms with E-state index in [1.54, 1.807) is 0 Å². The highest BCUT2D eigenvalue weighted by molar-refractivity contribution is 7.97. The largest absolute Gasteiger partial charge is 0.480 e. The van der Waals surface area contributed by atoms with Crippen molar-refractivity contribution >= 4 is 104 Å². The lowest BCUT2D eigenvalue weighted by molar-refractivity contribution is -0.149. The fourth-order valence-corrected chi connectivity index (χ4v) is 25.2. The standard InChI is InChI=1S/C42H39N2O4P.C29H34N2O6.C22H25NO5.C20H16NP/c1-42(2,3)48-29-38(44-41(46)47-28-37-35-25-15-13-23-33(35)34-24-14-16-26-36(34)37)40(45)39(27-43)49(30-17-7-4-8-18-30,31-19-9-5-10-20-31)32-21-11-6-12-22-32;1-18(32)25-14-9-15-31(25)27(34)26(33)24(17-37-29(2,3)4)30-28(35)36-16-23-21-12-7-5-10-19(21)20-11-6-8-13-22(20)23;1-22(2,3)28-13-19(20(24)25)23-21(26)27-12-18-16-10-6-4-8-14(16)15-9-5-7-11-17(15)18;21-16-17-22(18-10-4-1-5-11-18,19-12-6-2-7-13-19)20-14-8-3-9-15-20/h4-26,37-38H,28-29H2,1-3H3,(H,44,46);5-8,10-13,23-25H,9,14-17H2,1-4H3,(H,30,35);4-11,18-19H,12-13H2,1-3H3,(H,23,26)(H,24,25);1-15,17H/t38-;24-,25-;19-;/m000./s1. The molecular weight excluding hydrogens is 1740 g/mol. The number of amides is 4. The lowest BCUT2D eigenvalue weighted by Gasteiger charge is -2.31. The number of carboxylic acid groups (broad SMARTS) is 1. The van der Waals surface area contributed by atoms with Crippen LogP contribution in [-0.4, -0.2) is 156 Å². The van der Waals surface area contributed by atoms with Crippen LogP contribution in [0.1, 0.15) is 133 Å². The predicted octanol–water partition coefficient (Wildman–Crippen LogP) is 17.9. The summed E-state index contributed by atoms with van der Waals surface area (Å²) in [5, 5.41) is 43.8. The van der Waals surface area contributed by atoms with E-state index in [2.05, 4.69) is 101 Å². The number of nitriles is 2. The molecule has 0 radical (unpaired) electrons. The molecule has 136 heavy (non-hydrogen) atoms. The number of hydrogen-bond acceptors (Lipinski definition) is 16. The molecule has 4 atom stereocenters. The number of ketones is 3. The summed E-state index contributed by atoms with van der Waals surface area (Å²) in [7, 11) is 0. The van der Waals surface area contributed by atoms with Crippen LogP contribution in [0.3, 0.4) is 0 Å². The molecule has 0 bridgehead atoms. The Labute approximate surface area is 796 Å². The zero-order valence-corrected chi connectivity index (χ0v) is 79.8. The average molecular weight is 1860 g/mol. The number of ether oxygens (including phenoxy) is 6. The van der Waals surface area contributed by atoms with Crippen LogP contribution in [-0.2, 0) is 52.4 Å². The van der Waals surface area contributed by atoms with E-state index >= 15 is 0 Å². The molecule has 12 aromatic carbocycles. The monoisotopic (exact) mass is 1860 g/mol. The highest BCUT2D eigenvalue weighted by Crippen LogP contribution is 2.50. The van der Waals surface area contributed by atoms with Gasteiger partial charge in [-0.1, -0.05) is 328 Å². The van der Waals surface area contributed by atoms with Crippen molar-refractivity contribution in [1.82, 2.24) is 20.9 Å². The lowest BCUT2D eigenvalue weighted by atomic mass is 9.98. The maximum Gasteiger partial charge on any atom is 0.407 e. The minimum absolute atomic E-state index is 0.0672. The van der Waals surface area contributed by atoms with Crippen molar-refractivity contribution in [3.63, 3.8) is 0 Å². The Kier molecular flexibility index (Phi) is 33.1. The van der Waals surface area contributed by atoms with Gasteiger partial charge >= 0.3 is 24.2 Å². The zero-order chi connectivity index (χ0) is 96.7. The molecule has 23 heteroatoms. The Morgan fingerprint density at radius 1 is 0.382 bits per heavy atom. The Morgan fingerprint density at radius 2 is 0.640 bits per heavy atom. The molecule has 4 amide bonds. The van der Waals surface area contributed by atoms with E-state index < -0.39 is 96.5 Å². The van der Waals surface area contributed by atoms with Crippen molar-refractivity contribution in [2.24, 2.45) is 0 Å². The van der Waals surface area contributed by atoms with E-state index in [1.807, 2.05) is 323 Å². The molecule has 696 valence electrons. The summed E-state index contributed by atoms with van der Waals surface area (Å²) in [6, 6.07) is 109. The minimum Gasteiger partial charge on any atom is -0.480 e. The normalized spacial score (nSPS) is 14.1. The second kappa shape index (κ2) is 45.3. The second-order valence-electron chi connectivity index (χ2n) is 36.3. The fourth-order valence-electron chi connectivity index (χ4n) is 17.6. The number of carbonyl (C=O) groups is 8. The molecule has 0 aromatic heterocycles. The summed E-state index contributed by atoms with van der Waals surface area (Å²) in [6.45, 7) is 13.0. The van der Waals surface area contributed by atoms with Crippen LogP contribution in [0.5, 0.6) is 0 Å². The van der Waals surface area contributed by atoms with Gasteiger partial charge in [0.25, 0.3) is 5.91 Å². The quantitative estimate of drug-likeness (QED) is 0.0211. The van der Waals surface area contributed by atoms with Gasteiger partial charge in [-0.2, -0.15) is 10.5 Å². The SMILES string of the molecule is CC(=O)[C@@H]1CCCN1C(=O)C(=O)[C@H](COC(C)(C)C)NC(=O)OCC1c2ccccc2-c2ccccc21.CC(C)(C)OC[C@H](NC(=O)OCC1c2ccccc2-c2ccccc21)C(=O)C(C#N)=P(c1ccccc1)(c1ccccc1)c1ccccc1.CC(C)(C)OC[C@H](NC(=O)OCC1c2ccccc2-c2ccccc21)C(=O)O.N#CC=P(c1ccccc1)(c1ccccc1)c1ccccc1. The maximum atomic E-state index is 14.9. The van der Waals surface area contributed by atoms with Gasteiger partial charge in [0.05, 0.1) is 48.7 Å². The van der Waals surface area contributed by atoms with Gasteiger partial charge in [-0.3, -0.25) is 19.2 Å². The Morgan fingerprint density at radius 3 is 0.904 bits per heavy atom. The number of alkyl carbamates (subject to hydrolysis) is 3. The fraction of sp³-hybridized carbons (Fsp3) is 0.257. The summed E-state index contributed by atoms with van der Waals surface area (Å²) < 4.78 is 34.2. The smallest absolute Gasteiger partial charge is 0.407 e. The van der Waals surface area contributed by atoms with Crippen molar-refractivity contribution in [3.05, 3.63) is 361 Å². The van der Waals surface area contributed by atoms with Crippen LogP contribution in [0.2, 0.25) is 0 Å². The number of fused-ring (bicyclic) bond motifs is 9. The first kappa shape index (κ1) is 99.3. The molecule has 3 aliphatic carbocycles. The molecule has 0 spiro atoms. The van der Waals surface area contributed by atoms with Gasteiger partial charge in [0.1, 0.15) is 43.3 Å². The topological polar surface area (TPSA) is 299 Å². The van der Waals surface area contributed by atoms with Crippen LogP contribution < -0.4 is 47.8 Å². The number of nitrogens with one attached hydrogen (secondary N) is 3. The van der Waals surface area contributed by atoms with E-state index in [-0.39, 0.29) is 68.5 Å². The Balaban J connectivity index is 0.000000160. The van der Waals surface area contributed by atoms with E-state index in [0.29, 0.717) is 19.4 Å². The third kappa shape index (κ3) is 23.8. The van der Waals surface area contributed by atoms with E-state index in [9.17, 15) is 54.0 Å². The number of likely N-dealkylation sites (tertiary alicyclic amines) is 1. The Hall–Kier alpha value is -14.1. The predicted molar refractivity (Wildman–Crippen MR) is 539 cm³/mol. The Bertz CT molecular complexity index is 6120. The first-order valence-electron chi connectivity index (χ1n) is 45.5. The molecule has 4 N–H and O–H groups in total. The van der Waals surface area contributed by atoms with Gasteiger partial charge in [-0.15, -0.1) is 0 Å². The summed E-state index contributed by atoms with van der Waals surface area (Å²) in [6.07, 6.45) is -1.16. The number of carbonyl (C=O) groups excluding carboxylic acids is 7. The molecule has 1 aliphatic heterocycles. The molecule has 0 saturated carbocycles. The van der Waals surface area contributed by atoms with Gasteiger partial charge in [-0.25, -0.2) is 19.2 Å². The molecule has 21 nitrogen and oxygen atoms in total. The van der Waals surface area contributed by atoms with Gasteiger partial charge < -0.3 is 54.4 Å². The zero-order valence-electron chi connectivity index (χ0n) is 78.1. The summed E-state index contributed by atoms with van der Waals surface area (Å²) in [4.78, 5) is 104. The van der Waals surface area contributed by atoms with E-state index in [4.69, 9.17) is 28.4 Å². The highest BCUT2D eigenvalue weighted by Gasteiger charge is 2.42. The number of rotatable bonds is 27. The van der Waals surface area contributed by atoms with Gasteiger partial charge in [0.15, 0.2) is 17.6 Å². The van der Waals surface area contributed by atoms with Gasteiger partial charge in [-0.05, 0) is 194 Å². The number of aliphatic carboxylic acids is 1. The van der Waals surface area contributed by atoms with Gasteiger partial charge in [0, 0.05) is 30.1 Å². The number of carboxylic acids is 1. The number of benzene rings is 12. The van der Waals surface area contributed by atoms with Crippen LogP contribution in [0.25, 0.3) is 33.4 Å². The van der Waals surface area contributed by atoms with Crippen molar-refractivity contribution in [1.29, 1.82) is 10.5 Å². The van der Waals surface area contributed by atoms with Crippen molar-refractivity contribution in [3.8, 4) is 45.5 Å². The van der Waals surface area contributed by atoms with Crippen LogP contribution in [0, 0.1) is 22.7 Å². The molecular formula is C113H114N6O15P2. The van der Waals surface area contributed by atoms with E-state index in [0.717, 1.165) is 82.7 Å². The summed E-state index contributed by atoms with van der Waals surface area (Å²) >= 11 is 0.